The first kappa shape index (κ1) is 17.7. The minimum absolute atomic E-state index is 0.0770. The maximum absolute atomic E-state index is 12.8. The second-order valence-corrected chi connectivity index (χ2v) is 8.68. The van der Waals surface area contributed by atoms with Gasteiger partial charge in [-0.25, -0.2) is 13.4 Å². The molecular formula is C17H21N7O2S. The Hall–Kier alpha value is -2.72. The molecule has 142 valence electrons. The number of anilines is 2. The Morgan fingerprint density at radius 1 is 1.07 bits per heavy atom. The first-order valence-electron chi connectivity index (χ1n) is 8.68. The van der Waals surface area contributed by atoms with Crippen molar-refractivity contribution >= 4 is 33.0 Å². The van der Waals surface area contributed by atoms with E-state index in [0.29, 0.717) is 42.0 Å². The summed E-state index contributed by atoms with van der Waals surface area (Å²) in [7, 11) is -3.48. The summed E-state index contributed by atoms with van der Waals surface area (Å²) in [5.74, 6) is 0.344. The average molecular weight is 387 g/mol. The number of nitrogen functional groups attached to an aromatic ring is 2. The highest BCUT2D eigenvalue weighted by molar-refractivity contribution is 7.89. The minimum Gasteiger partial charge on any atom is -0.382 e. The number of rotatable bonds is 3. The molecule has 10 heteroatoms. The van der Waals surface area contributed by atoms with Crippen LogP contribution in [-0.2, 0) is 10.0 Å². The van der Waals surface area contributed by atoms with Gasteiger partial charge in [0, 0.05) is 19.1 Å². The summed E-state index contributed by atoms with van der Waals surface area (Å²) in [5, 5.41) is 0. The van der Waals surface area contributed by atoms with Crippen LogP contribution in [0.15, 0.2) is 35.5 Å². The van der Waals surface area contributed by atoms with Gasteiger partial charge in [0.2, 0.25) is 16.0 Å². The Morgan fingerprint density at radius 2 is 1.74 bits per heavy atom. The maximum Gasteiger partial charge on any atom is 0.243 e. The quantitative estimate of drug-likeness (QED) is 0.692. The summed E-state index contributed by atoms with van der Waals surface area (Å²) in [6.07, 6.45) is 2.98. The molecule has 0 aliphatic carbocycles. The van der Waals surface area contributed by atoms with Gasteiger partial charge in [-0.2, -0.15) is 14.3 Å². The molecule has 0 spiro atoms. The summed E-state index contributed by atoms with van der Waals surface area (Å²) in [6.45, 7) is 2.79. The van der Waals surface area contributed by atoms with Crippen molar-refractivity contribution in [3.63, 3.8) is 0 Å². The van der Waals surface area contributed by atoms with E-state index in [4.69, 9.17) is 11.5 Å². The van der Waals surface area contributed by atoms with Crippen molar-refractivity contribution in [2.24, 2.45) is 0 Å². The SMILES string of the molecule is Cc1ccc(S(=O)(=O)N2CCC(n3cnc4c(N)nc(N)nc43)CC2)cc1. The molecule has 4 N–H and O–H groups in total. The van der Waals surface area contributed by atoms with E-state index >= 15 is 0 Å². The van der Waals surface area contributed by atoms with Gasteiger partial charge in [0.05, 0.1) is 11.2 Å². The molecule has 1 saturated heterocycles. The molecule has 0 amide bonds. The van der Waals surface area contributed by atoms with Gasteiger partial charge >= 0.3 is 0 Å². The van der Waals surface area contributed by atoms with Crippen LogP contribution < -0.4 is 11.5 Å². The van der Waals surface area contributed by atoms with Gasteiger partial charge in [-0.05, 0) is 31.9 Å². The third kappa shape index (κ3) is 3.10. The minimum atomic E-state index is -3.48. The summed E-state index contributed by atoms with van der Waals surface area (Å²) >= 11 is 0. The van der Waals surface area contributed by atoms with Gasteiger partial charge in [-0.3, -0.25) is 0 Å². The fourth-order valence-electron chi connectivity index (χ4n) is 3.44. The van der Waals surface area contributed by atoms with Gasteiger partial charge in [0.15, 0.2) is 11.5 Å². The molecule has 27 heavy (non-hydrogen) atoms. The van der Waals surface area contributed by atoms with Crippen molar-refractivity contribution in [3.05, 3.63) is 36.2 Å². The van der Waals surface area contributed by atoms with Crippen molar-refractivity contribution in [3.8, 4) is 0 Å². The molecule has 1 aliphatic heterocycles. The highest BCUT2D eigenvalue weighted by atomic mass is 32.2. The molecule has 9 nitrogen and oxygen atoms in total. The average Bonchev–Trinajstić information content (AvgIpc) is 3.06. The highest BCUT2D eigenvalue weighted by Gasteiger charge is 2.30. The van der Waals surface area contributed by atoms with Crippen LogP contribution in [0.1, 0.15) is 24.4 Å². The van der Waals surface area contributed by atoms with Crippen molar-refractivity contribution in [2.75, 3.05) is 24.6 Å². The van der Waals surface area contributed by atoms with E-state index in [1.54, 1.807) is 18.5 Å². The van der Waals surface area contributed by atoms with Crippen LogP contribution in [-0.4, -0.2) is 45.3 Å². The highest BCUT2D eigenvalue weighted by Crippen LogP contribution is 2.30. The molecule has 0 bridgehead atoms. The Morgan fingerprint density at radius 3 is 2.41 bits per heavy atom. The molecule has 2 aromatic heterocycles. The molecule has 1 aliphatic rings. The summed E-state index contributed by atoms with van der Waals surface area (Å²) < 4.78 is 29.1. The summed E-state index contributed by atoms with van der Waals surface area (Å²) in [4.78, 5) is 12.8. The van der Waals surface area contributed by atoms with E-state index in [1.807, 2.05) is 23.6 Å². The van der Waals surface area contributed by atoms with Crippen molar-refractivity contribution in [1.29, 1.82) is 0 Å². The van der Waals surface area contributed by atoms with Gasteiger partial charge in [-0.1, -0.05) is 17.7 Å². The van der Waals surface area contributed by atoms with E-state index in [2.05, 4.69) is 15.0 Å². The zero-order valence-corrected chi connectivity index (χ0v) is 15.7. The van der Waals surface area contributed by atoms with E-state index in [-0.39, 0.29) is 17.8 Å². The lowest BCUT2D eigenvalue weighted by atomic mass is 10.1. The van der Waals surface area contributed by atoms with Gasteiger partial charge in [-0.15, -0.1) is 0 Å². The topological polar surface area (TPSA) is 133 Å². The van der Waals surface area contributed by atoms with Crippen LogP contribution in [0.3, 0.4) is 0 Å². The van der Waals surface area contributed by atoms with Crippen molar-refractivity contribution in [2.45, 2.75) is 30.7 Å². The van der Waals surface area contributed by atoms with Crippen LogP contribution >= 0.6 is 0 Å². The smallest absolute Gasteiger partial charge is 0.243 e. The summed E-state index contributed by atoms with van der Waals surface area (Å²) in [6, 6.07) is 7.01. The molecule has 3 aromatic rings. The molecule has 3 heterocycles. The molecule has 4 rings (SSSR count). The van der Waals surface area contributed by atoms with E-state index in [1.165, 1.54) is 4.31 Å². The Kier molecular flexibility index (Phi) is 4.23. The predicted octanol–water partition coefficient (Wildman–Crippen LogP) is 1.32. The van der Waals surface area contributed by atoms with E-state index in [0.717, 1.165) is 5.56 Å². The fraction of sp³-hybridized carbons (Fsp3) is 0.353. The molecule has 0 saturated carbocycles. The van der Waals surface area contributed by atoms with Crippen LogP contribution in [0.2, 0.25) is 0 Å². The van der Waals surface area contributed by atoms with Crippen molar-refractivity contribution in [1.82, 2.24) is 23.8 Å². The van der Waals surface area contributed by atoms with Crippen LogP contribution in [0.4, 0.5) is 11.8 Å². The van der Waals surface area contributed by atoms with Crippen molar-refractivity contribution < 1.29 is 8.42 Å². The summed E-state index contributed by atoms with van der Waals surface area (Å²) in [5.41, 5.74) is 13.7. The second kappa shape index (κ2) is 6.46. The third-order valence-electron chi connectivity index (χ3n) is 4.94. The number of aryl methyl sites for hydroxylation is 1. The lowest BCUT2D eigenvalue weighted by Crippen LogP contribution is -2.39. The Bertz CT molecular complexity index is 1080. The number of hydrogen-bond acceptors (Lipinski definition) is 7. The third-order valence-corrected chi connectivity index (χ3v) is 6.85. The molecule has 0 atom stereocenters. The molecule has 0 unspecified atom stereocenters. The Labute approximate surface area is 157 Å². The monoisotopic (exact) mass is 387 g/mol. The zero-order chi connectivity index (χ0) is 19.2. The molecule has 1 aromatic carbocycles. The van der Waals surface area contributed by atoms with E-state index < -0.39 is 10.0 Å². The lowest BCUT2D eigenvalue weighted by Gasteiger charge is -2.31. The van der Waals surface area contributed by atoms with Crippen LogP contribution in [0.5, 0.6) is 0 Å². The fourth-order valence-corrected chi connectivity index (χ4v) is 4.91. The standard InChI is InChI=1S/C17H21N7O2S/c1-11-2-4-13(5-3-11)27(25,26)23-8-6-12(7-9-23)24-10-20-14-15(18)21-17(19)22-16(14)24/h2-5,10,12H,6-9H2,1H3,(H4,18,19,21,22). The zero-order valence-electron chi connectivity index (χ0n) is 14.9. The number of nitrogens with zero attached hydrogens (tertiary/aromatic N) is 5. The predicted molar refractivity (Wildman–Crippen MR) is 102 cm³/mol. The molecular weight excluding hydrogens is 366 g/mol. The van der Waals surface area contributed by atoms with Gasteiger partial charge in [0.1, 0.15) is 5.52 Å². The second-order valence-electron chi connectivity index (χ2n) is 6.74. The first-order valence-corrected chi connectivity index (χ1v) is 10.1. The maximum atomic E-state index is 12.8. The van der Waals surface area contributed by atoms with Crippen LogP contribution in [0.25, 0.3) is 11.2 Å². The largest absolute Gasteiger partial charge is 0.382 e. The van der Waals surface area contributed by atoms with Gasteiger partial charge in [0.25, 0.3) is 0 Å². The number of fused-ring (bicyclic) bond motifs is 1. The number of piperidine rings is 1. The van der Waals surface area contributed by atoms with Gasteiger partial charge < -0.3 is 16.0 Å². The lowest BCUT2D eigenvalue weighted by molar-refractivity contribution is 0.276. The first-order chi connectivity index (χ1) is 12.9. The number of hydrogen-bond donors (Lipinski definition) is 2. The van der Waals surface area contributed by atoms with Crippen LogP contribution in [0, 0.1) is 6.92 Å². The molecule has 0 radical (unpaired) electrons. The number of benzene rings is 1. The number of imidazole rings is 1. The number of sulfonamides is 1. The van der Waals surface area contributed by atoms with E-state index in [9.17, 15) is 8.42 Å². The number of nitrogens with two attached hydrogens (primary N) is 2. The normalized spacial score (nSPS) is 16.8. The Balaban J connectivity index is 1.55. The number of aromatic nitrogens is 4. The molecule has 1 fully saturated rings.